The minimum Gasteiger partial charge on any atom is -0.383 e. The Morgan fingerprint density at radius 2 is 2.00 bits per heavy atom. The predicted molar refractivity (Wildman–Crippen MR) is 90.8 cm³/mol. The van der Waals surface area contributed by atoms with Crippen molar-refractivity contribution in [3.8, 4) is 0 Å². The molecular weight excluding hydrogens is 282 g/mol. The summed E-state index contributed by atoms with van der Waals surface area (Å²) < 4.78 is 0. The van der Waals surface area contributed by atoms with Crippen molar-refractivity contribution in [3.05, 3.63) is 40.8 Å². The van der Waals surface area contributed by atoms with Crippen molar-refractivity contribution < 1.29 is 0 Å². The third-order valence-corrected chi connectivity index (χ3v) is 3.94. The third-order valence-electron chi connectivity index (χ3n) is 3.18. The van der Waals surface area contributed by atoms with Gasteiger partial charge in [0.2, 0.25) is 5.13 Å². The molecule has 6 heteroatoms. The van der Waals surface area contributed by atoms with Crippen LogP contribution in [0.1, 0.15) is 25.0 Å². The predicted octanol–water partition coefficient (Wildman–Crippen LogP) is 3.01. The third kappa shape index (κ3) is 4.84. The van der Waals surface area contributed by atoms with E-state index in [0.29, 0.717) is 10.9 Å². The number of nitrogens with two attached hydrogens (primary N) is 1. The first kappa shape index (κ1) is 15.5. The van der Waals surface area contributed by atoms with Gasteiger partial charge in [0.15, 0.2) is 0 Å². The lowest BCUT2D eigenvalue weighted by Crippen LogP contribution is -2.21. The molecule has 21 heavy (non-hydrogen) atoms. The molecule has 3 N–H and O–H groups in total. The van der Waals surface area contributed by atoms with E-state index in [2.05, 4.69) is 58.5 Å². The molecule has 112 valence electrons. The molecule has 0 bridgehead atoms. The Morgan fingerprint density at radius 1 is 1.29 bits per heavy atom. The van der Waals surface area contributed by atoms with Crippen molar-refractivity contribution >= 4 is 28.5 Å². The summed E-state index contributed by atoms with van der Waals surface area (Å²) in [6.45, 7) is 7.49. The molecule has 1 heterocycles. The number of hydrogen-bond acceptors (Lipinski definition) is 6. The first-order valence-electron chi connectivity index (χ1n) is 7.02. The Morgan fingerprint density at radius 3 is 2.57 bits per heavy atom. The maximum atomic E-state index is 5.54. The van der Waals surface area contributed by atoms with Crippen LogP contribution in [0.25, 0.3) is 0 Å². The second-order valence-electron chi connectivity index (χ2n) is 4.65. The average Bonchev–Trinajstić information content (AvgIpc) is 2.92. The fourth-order valence-corrected chi connectivity index (χ4v) is 2.46. The van der Waals surface area contributed by atoms with E-state index in [1.807, 2.05) is 0 Å². The van der Waals surface area contributed by atoms with E-state index < -0.39 is 0 Å². The fourth-order valence-electron chi connectivity index (χ4n) is 1.91. The second kappa shape index (κ2) is 7.75. The quantitative estimate of drug-likeness (QED) is 0.609. The van der Waals surface area contributed by atoms with Gasteiger partial charge < -0.3 is 5.73 Å². The largest absolute Gasteiger partial charge is 0.383 e. The SMILES string of the molecule is CCN(CC)Cc1ccc(C=NNc2nc(N)cs2)cc1. The molecule has 0 amide bonds. The van der Waals surface area contributed by atoms with Crippen LogP contribution < -0.4 is 11.2 Å². The van der Waals surface area contributed by atoms with Gasteiger partial charge in [-0.1, -0.05) is 38.1 Å². The number of rotatable bonds is 7. The molecule has 0 unspecified atom stereocenters. The summed E-state index contributed by atoms with van der Waals surface area (Å²) in [4.78, 5) is 6.46. The first-order valence-corrected chi connectivity index (χ1v) is 7.90. The molecule has 1 aromatic heterocycles. The average molecular weight is 303 g/mol. The van der Waals surface area contributed by atoms with Crippen LogP contribution in [0.3, 0.4) is 0 Å². The molecule has 0 atom stereocenters. The van der Waals surface area contributed by atoms with E-state index in [0.717, 1.165) is 25.2 Å². The Hall–Kier alpha value is -1.92. The van der Waals surface area contributed by atoms with Crippen LogP contribution in [0.2, 0.25) is 0 Å². The lowest BCUT2D eigenvalue weighted by atomic mass is 10.1. The number of benzene rings is 1. The van der Waals surface area contributed by atoms with E-state index >= 15 is 0 Å². The zero-order chi connectivity index (χ0) is 15.1. The molecule has 0 aliphatic rings. The zero-order valence-corrected chi connectivity index (χ0v) is 13.2. The van der Waals surface area contributed by atoms with Crippen LogP contribution in [-0.4, -0.2) is 29.2 Å². The van der Waals surface area contributed by atoms with E-state index in [4.69, 9.17) is 5.73 Å². The smallest absolute Gasteiger partial charge is 0.205 e. The highest BCUT2D eigenvalue weighted by Crippen LogP contribution is 2.16. The molecule has 0 radical (unpaired) electrons. The van der Waals surface area contributed by atoms with E-state index in [-0.39, 0.29) is 0 Å². The van der Waals surface area contributed by atoms with Crippen molar-refractivity contribution in [2.45, 2.75) is 20.4 Å². The molecule has 0 aliphatic heterocycles. The Bertz CT molecular complexity index is 572. The second-order valence-corrected chi connectivity index (χ2v) is 5.51. The van der Waals surface area contributed by atoms with Gasteiger partial charge in [0, 0.05) is 11.9 Å². The number of hydrogen-bond donors (Lipinski definition) is 2. The molecule has 1 aromatic carbocycles. The zero-order valence-electron chi connectivity index (χ0n) is 12.4. The molecule has 0 saturated carbocycles. The number of anilines is 2. The summed E-state index contributed by atoms with van der Waals surface area (Å²) >= 11 is 1.43. The molecule has 0 fully saturated rings. The van der Waals surface area contributed by atoms with Crippen LogP contribution in [-0.2, 0) is 6.54 Å². The molecule has 2 rings (SSSR count). The van der Waals surface area contributed by atoms with Crippen LogP contribution in [0, 0.1) is 0 Å². The molecule has 0 aliphatic carbocycles. The summed E-state index contributed by atoms with van der Waals surface area (Å²) in [5, 5.41) is 6.63. The van der Waals surface area contributed by atoms with E-state index in [1.165, 1.54) is 16.9 Å². The van der Waals surface area contributed by atoms with Crippen molar-refractivity contribution in [2.75, 3.05) is 24.2 Å². The summed E-state index contributed by atoms with van der Waals surface area (Å²) in [7, 11) is 0. The van der Waals surface area contributed by atoms with Crippen molar-refractivity contribution in [1.29, 1.82) is 0 Å². The van der Waals surface area contributed by atoms with Gasteiger partial charge in [-0.2, -0.15) is 5.10 Å². The van der Waals surface area contributed by atoms with Gasteiger partial charge in [-0.05, 0) is 24.2 Å². The van der Waals surface area contributed by atoms with Crippen molar-refractivity contribution in [2.24, 2.45) is 5.10 Å². The standard InChI is InChI=1S/C15H21N5S/c1-3-20(4-2)10-13-7-5-12(6-8-13)9-17-19-15-18-14(16)11-21-15/h5-9,11H,3-4,10,16H2,1-2H3,(H,18,19). The summed E-state index contributed by atoms with van der Waals surface area (Å²) in [6, 6.07) is 8.42. The van der Waals surface area contributed by atoms with Gasteiger partial charge in [0.1, 0.15) is 5.82 Å². The van der Waals surface area contributed by atoms with Crippen LogP contribution in [0.5, 0.6) is 0 Å². The maximum Gasteiger partial charge on any atom is 0.205 e. The minimum atomic E-state index is 0.512. The minimum absolute atomic E-state index is 0.512. The van der Waals surface area contributed by atoms with Gasteiger partial charge in [0.25, 0.3) is 0 Å². The van der Waals surface area contributed by atoms with E-state index in [9.17, 15) is 0 Å². The highest BCUT2D eigenvalue weighted by atomic mass is 32.1. The Labute approximate surface area is 129 Å². The van der Waals surface area contributed by atoms with Crippen LogP contribution in [0.15, 0.2) is 34.7 Å². The number of thiazole rings is 1. The van der Waals surface area contributed by atoms with Crippen molar-refractivity contribution in [3.63, 3.8) is 0 Å². The molecule has 2 aromatic rings. The molecule has 5 nitrogen and oxygen atoms in total. The Kier molecular flexibility index (Phi) is 5.71. The lowest BCUT2D eigenvalue weighted by molar-refractivity contribution is 0.296. The molecule has 0 spiro atoms. The topological polar surface area (TPSA) is 66.5 Å². The van der Waals surface area contributed by atoms with Crippen LogP contribution >= 0.6 is 11.3 Å². The Balaban J connectivity index is 1.89. The first-order chi connectivity index (χ1) is 10.2. The number of nitrogen functional groups attached to an aromatic ring is 1. The highest BCUT2D eigenvalue weighted by Gasteiger charge is 2.00. The van der Waals surface area contributed by atoms with Crippen molar-refractivity contribution in [1.82, 2.24) is 9.88 Å². The monoisotopic (exact) mass is 303 g/mol. The lowest BCUT2D eigenvalue weighted by Gasteiger charge is -2.17. The number of aromatic nitrogens is 1. The molecular formula is C15H21N5S. The summed E-state index contributed by atoms with van der Waals surface area (Å²) in [6.07, 6.45) is 1.78. The van der Waals surface area contributed by atoms with Gasteiger partial charge in [0.05, 0.1) is 6.21 Å². The number of hydrazone groups is 1. The van der Waals surface area contributed by atoms with Crippen LogP contribution in [0.4, 0.5) is 10.9 Å². The number of nitrogens with zero attached hydrogens (tertiary/aromatic N) is 3. The summed E-state index contributed by atoms with van der Waals surface area (Å²) in [5.74, 6) is 0.512. The summed E-state index contributed by atoms with van der Waals surface area (Å²) in [5.41, 5.74) is 10.8. The highest BCUT2D eigenvalue weighted by molar-refractivity contribution is 7.14. The number of nitrogens with one attached hydrogen (secondary N) is 1. The molecule has 0 saturated heterocycles. The van der Waals surface area contributed by atoms with E-state index in [1.54, 1.807) is 11.6 Å². The van der Waals surface area contributed by atoms with Gasteiger partial charge in [-0.15, -0.1) is 11.3 Å². The maximum absolute atomic E-state index is 5.54. The fraction of sp³-hybridized carbons (Fsp3) is 0.333. The normalized spacial score (nSPS) is 11.4. The van der Waals surface area contributed by atoms with Gasteiger partial charge in [-0.3, -0.25) is 10.3 Å². The van der Waals surface area contributed by atoms with Gasteiger partial charge in [-0.25, -0.2) is 4.98 Å². The van der Waals surface area contributed by atoms with Gasteiger partial charge >= 0.3 is 0 Å².